The van der Waals surface area contributed by atoms with Gasteiger partial charge in [0.15, 0.2) is 0 Å². The summed E-state index contributed by atoms with van der Waals surface area (Å²) in [5.74, 6) is 1.60. The van der Waals surface area contributed by atoms with E-state index in [4.69, 9.17) is 15.9 Å². The van der Waals surface area contributed by atoms with Crippen LogP contribution in [-0.2, 0) is 9.53 Å². The molecule has 8 nitrogen and oxygen atoms in total. The van der Waals surface area contributed by atoms with Crippen molar-refractivity contribution in [2.24, 2.45) is 5.73 Å². The molecule has 0 aromatic carbocycles. The number of thioether (sulfide) groups is 2. The zero-order valence-corrected chi connectivity index (χ0v) is 17.6. The highest BCUT2D eigenvalue weighted by Crippen LogP contribution is 2.25. The molecule has 1 aliphatic rings. The lowest BCUT2D eigenvalue weighted by atomic mass is 10.2. The summed E-state index contributed by atoms with van der Waals surface area (Å²) in [4.78, 5) is 23.2. The van der Waals surface area contributed by atoms with Crippen LogP contribution in [0.5, 0.6) is 0 Å². The maximum absolute atomic E-state index is 11.8. The molecule has 27 heavy (non-hydrogen) atoms. The number of alkyl carbamates (subject to hydrolysis) is 1. The van der Waals surface area contributed by atoms with Crippen molar-refractivity contribution in [2.75, 3.05) is 24.6 Å². The van der Waals surface area contributed by atoms with Crippen molar-refractivity contribution in [1.29, 1.82) is 5.41 Å². The fourth-order valence-electron chi connectivity index (χ4n) is 1.92. The van der Waals surface area contributed by atoms with E-state index in [-0.39, 0.29) is 11.7 Å². The topological polar surface area (TPSA) is 129 Å². The summed E-state index contributed by atoms with van der Waals surface area (Å²) in [6.45, 7) is 6.41. The zero-order chi connectivity index (χ0) is 20.3. The van der Waals surface area contributed by atoms with Crippen molar-refractivity contribution in [3.8, 4) is 0 Å². The number of carbonyl (C=O) groups excluding carboxylic acids is 2. The van der Waals surface area contributed by atoms with Crippen LogP contribution in [0.4, 0.5) is 4.79 Å². The summed E-state index contributed by atoms with van der Waals surface area (Å²) in [6.07, 6.45) is 2.05. The first-order chi connectivity index (χ1) is 12.7. The second kappa shape index (κ2) is 11.8. The fraction of sp³-hybridized carbons (Fsp3) is 0.588. The largest absolute Gasteiger partial charge is 0.444 e. The summed E-state index contributed by atoms with van der Waals surface area (Å²) in [5, 5.41) is 18.8. The first kappa shape index (κ1) is 23.2. The molecule has 0 saturated heterocycles. The van der Waals surface area contributed by atoms with Gasteiger partial charge in [0.1, 0.15) is 11.4 Å². The first-order valence-corrected chi connectivity index (χ1v) is 10.7. The molecule has 1 rings (SSSR count). The molecule has 0 aromatic rings. The predicted octanol–water partition coefficient (Wildman–Crippen LogP) is 2.10. The van der Waals surface area contributed by atoms with Gasteiger partial charge in [0.25, 0.3) is 0 Å². The number of ether oxygens (including phenoxy) is 1. The average Bonchev–Trinajstić information content (AvgIpc) is 2.96. The third-order valence-electron chi connectivity index (χ3n) is 2.97. The SMILES string of the molecule is CC(C)(C)OC(=O)NCCCC(=O)NCCSCC1=CSC(=CC(=N)N)N1. The molecular formula is C17H29N5O3S2. The molecule has 0 atom stereocenters. The summed E-state index contributed by atoms with van der Waals surface area (Å²) in [5.41, 5.74) is 5.87. The van der Waals surface area contributed by atoms with Crippen LogP contribution in [0.15, 0.2) is 22.2 Å². The third-order valence-corrected chi connectivity index (χ3v) is 4.86. The van der Waals surface area contributed by atoms with E-state index < -0.39 is 11.7 Å². The Bertz CT molecular complexity index is 600. The van der Waals surface area contributed by atoms with E-state index >= 15 is 0 Å². The molecule has 0 aromatic heterocycles. The first-order valence-electron chi connectivity index (χ1n) is 8.65. The Hall–Kier alpha value is -1.81. The number of hydrogen-bond acceptors (Lipinski definition) is 7. The van der Waals surface area contributed by atoms with Crippen molar-refractivity contribution < 1.29 is 14.3 Å². The van der Waals surface area contributed by atoms with E-state index in [2.05, 4.69) is 16.0 Å². The van der Waals surface area contributed by atoms with Crippen molar-refractivity contribution in [3.05, 3.63) is 22.2 Å². The Morgan fingerprint density at radius 2 is 2.11 bits per heavy atom. The molecule has 10 heteroatoms. The molecule has 0 radical (unpaired) electrons. The second-order valence-corrected chi connectivity index (χ2v) is 8.80. The van der Waals surface area contributed by atoms with Crippen LogP contribution in [0, 0.1) is 5.41 Å². The summed E-state index contributed by atoms with van der Waals surface area (Å²) in [6, 6.07) is 0. The van der Waals surface area contributed by atoms with Gasteiger partial charge in [-0.1, -0.05) is 11.8 Å². The van der Waals surface area contributed by atoms with Crippen molar-refractivity contribution in [3.63, 3.8) is 0 Å². The average molecular weight is 416 g/mol. The number of amides is 2. The van der Waals surface area contributed by atoms with Gasteiger partial charge < -0.3 is 26.4 Å². The highest BCUT2D eigenvalue weighted by Gasteiger charge is 2.15. The van der Waals surface area contributed by atoms with Gasteiger partial charge in [-0.15, -0.1) is 0 Å². The van der Waals surface area contributed by atoms with E-state index in [0.717, 1.165) is 22.2 Å². The molecule has 0 saturated carbocycles. The van der Waals surface area contributed by atoms with E-state index in [1.165, 1.54) is 11.8 Å². The summed E-state index contributed by atoms with van der Waals surface area (Å²) < 4.78 is 5.12. The summed E-state index contributed by atoms with van der Waals surface area (Å²) in [7, 11) is 0. The minimum atomic E-state index is -0.521. The molecule has 6 N–H and O–H groups in total. The number of nitrogens with two attached hydrogens (primary N) is 1. The maximum Gasteiger partial charge on any atom is 0.407 e. The van der Waals surface area contributed by atoms with Crippen molar-refractivity contribution in [1.82, 2.24) is 16.0 Å². The number of amidine groups is 1. The van der Waals surface area contributed by atoms with Gasteiger partial charge >= 0.3 is 6.09 Å². The number of hydrogen-bond donors (Lipinski definition) is 5. The van der Waals surface area contributed by atoms with E-state index in [9.17, 15) is 9.59 Å². The maximum atomic E-state index is 11.8. The Kier molecular flexibility index (Phi) is 10.2. The molecule has 2 amide bonds. The Morgan fingerprint density at radius 1 is 1.37 bits per heavy atom. The Balaban J connectivity index is 2.00. The monoisotopic (exact) mass is 415 g/mol. The molecule has 0 fully saturated rings. The van der Waals surface area contributed by atoms with Gasteiger partial charge in [-0.25, -0.2) is 4.79 Å². The highest BCUT2D eigenvalue weighted by molar-refractivity contribution is 8.06. The van der Waals surface area contributed by atoms with E-state index in [1.807, 2.05) is 5.41 Å². The molecule has 1 aliphatic heterocycles. The van der Waals surface area contributed by atoms with Crippen LogP contribution >= 0.6 is 23.5 Å². The lowest BCUT2D eigenvalue weighted by Crippen LogP contribution is -2.33. The van der Waals surface area contributed by atoms with Gasteiger partial charge in [0.05, 0.1) is 5.03 Å². The fourth-order valence-corrected chi connectivity index (χ4v) is 3.59. The minimum Gasteiger partial charge on any atom is -0.444 e. The van der Waals surface area contributed by atoms with Gasteiger partial charge in [-0.3, -0.25) is 10.2 Å². The summed E-state index contributed by atoms with van der Waals surface area (Å²) >= 11 is 3.22. The molecule has 0 bridgehead atoms. The van der Waals surface area contributed by atoms with Crippen LogP contribution < -0.4 is 21.7 Å². The number of carbonyl (C=O) groups is 2. The van der Waals surface area contributed by atoms with Crippen LogP contribution in [0.2, 0.25) is 0 Å². The molecule has 152 valence electrons. The normalized spacial score (nSPS) is 15.1. The lowest BCUT2D eigenvalue weighted by molar-refractivity contribution is -0.121. The minimum absolute atomic E-state index is 0.0244. The smallest absolute Gasteiger partial charge is 0.407 e. The molecule has 0 unspecified atom stereocenters. The lowest BCUT2D eigenvalue weighted by Gasteiger charge is -2.19. The van der Waals surface area contributed by atoms with Crippen LogP contribution in [0.1, 0.15) is 33.6 Å². The van der Waals surface area contributed by atoms with Gasteiger partial charge in [0.2, 0.25) is 5.91 Å². The van der Waals surface area contributed by atoms with Crippen molar-refractivity contribution in [2.45, 2.75) is 39.2 Å². The van der Waals surface area contributed by atoms with Crippen LogP contribution in [0.3, 0.4) is 0 Å². The molecule has 0 aliphatic carbocycles. The third kappa shape index (κ3) is 12.2. The molecular weight excluding hydrogens is 386 g/mol. The van der Waals surface area contributed by atoms with E-state index in [0.29, 0.717) is 25.9 Å². The quantitative estimate of drug-likeness (QED) is 0.210. The highest BCUT2D eigenvalue weighted by atomic mass is 32.2. The predicted molar refractivity (Wildman–Crippen MR) is 113 cm³/mol. The number of nitrogens with one attached hydrogen (secondary N) is 4. The van der Waals surface area contributed by atoms with E-state index in [1.54, 1.807) is 38.6 Å². The second-order valence-electron chi connectivity index (χ2n) is 6.78. The van der Waals surface area contributed by atoms with Gasteiger partial charge in [-0.2, -0.15) is 11.8 Å². The van der Waals surface area contributed by atoms with Gasteiger partial charge in [-0.05, 0) is 32.6 Å². The molecule has 1 heterocycles. The Morgan fingerprint density at radius 3 is 2.78 bits per heavy atom. The Labute approximate surface area is 169 Å². The van der Waals surface area contributed by atoms with Crippen LogP contribution in [0.25, 0.3) is 0 Å². The van der Waals surface area contributed by atoms with Crippen LogP contribution in [-0.4, -0.2) is 48.0 Å². The molecule has 0 spiro atoms. The standard InChI is InChI=1S/C17H29N5O3S2/c1-17(2,3)25-16(24)21-6-4-5-14(23)20-7-8-26-10-12-11-27-15(22-12)9-13(18)19/h9,11,22H,4-8,10H2,1-3H3,(H3,18,19)(H,20,23)(H,21,24). The number of rotatable bonds is 10. The van der Waals surface area contributed by atoms with Gasteiger partial charge in [0, 0.05) is 42.8 Å². The van der Waals surface area contributed by atoms with Crippen molar-refractivity contribution >= 4 is 41.4 Å². The zero-order valence-electron chi connectivity index (χ0n) is 16.0.